The van der Waals surface area contributed by atoms with Crippen LogP contribution in [0.1, 0.15) is 18.9 Å². The van der Waals surface area contributed by atoms with Crippen LogP contribution in [0.3, 0.4) is 0 Å². The lowest BCUT2D eigenvalue weighted by Crippen LogP contribution is -2.44. The normalized spacial score (nSPS) is 24.3. The zero-order valence-corrected chi connectivity index (χ0v) is 11.5. The number of hydrogen-bond acceptors (Lipinski definition) is 4. The Morgan fingerprint density at radius 2 is 2.39 bits per heavy atom. The topological polar surface area (TPSA) is 37.4 Å². The third-order valence-corrected chi connectivity index (χ3v) is 3.78. The molecule has 0 amide bonds. The molecular weight excluding hydrogens is 226 g/mol. The van der Waals surface area contributed by atoms with Crippen LogP contribution >= 0.6 is 0 Å². The van der Waals surface area contributed by atoms with Crippen molar-refractivity contribution >= 4 is 5.69 Å². The largest absolute Gasteiger partial charge is 0.379 e. The fraction of sp³-hybridized carbons (Fsp3) is 0.643. The van der Waals surface area contributed by atoms with Gasteiger partial charge in [0.15, 0.2) is 0 Å². The van der Waals surface area contributed by atoms with Crippen LogP contribution in [-0.4, -0.2) is 38.3 Å². The first-order valence-corrected chi connectivity index (χ1v) is 6.61. The number of hydrogen-bond donors (Lipinski definition) is 1. The van der Waals surface area contributed by atoms with E-state index in [2.05, 4.69) is 28.2 Å². The van der Waals surface area contributed by atoms with Gasteiger partial charge in [-0.2, -0.15) is 0 Å². The lowest BCUT2D eigenvalue weighted by molar-refractivity contribution is 0.0498. The molecule has 0 aliphatic carbocycles. The van der Waals surface area contributed by atoms with Crippen LogP contribution in [0.5, 0.6) is 0 Å². The molecule has 1 aromatic rings. The first-order chi connectivity index (χ1) is 8.76. The van der Waals surface area contributed by atoms with E-state index in [9.17, 15) is 0 Å². The van der Waals surface area contributed by atoms with Crippen LogP contribution < -0.4 is 10.2 Å². The molecule has 1 fully saturated rings. The maximum Gasteiger partial charge on any atom is 0.0772 e. The van der Waals surface area contributed by atoms with Crippen molar-refractivity contribution in [2.75, 3.05) is 32.1 Å². The molecule has 2 heterocycles. The van der Waals surface area contributed by atoms with E-state index < -0.39 is 0 Å². The van der Waals surface area contributed by atoms with Gasteiger partial charge in [-0.15, -0.1) is 0 Å². The second-order valence-corrected chi connectivity index (χ2v) is 5.02. The quantitative estimate of drug-likeness (QED) is 0.880. The van der Waals surface area contributed by atoms with E-state index in [0.29, 0.717) is 12.0 Å². The molecule has 0 saturated carbocycles. The molecule has 2 atom stereocenters. The highest BCUT2D eigenvalue weighted by Gasteiger charge is 2.26. The van der Waals surface area contributed by atoms with Crippen LogP contribution in [0.15, 0.2) is 18.5 Å². The zero-order chi connectivity index (χ0) is 13.0. The van der Waals surface area contributed by atoms with Gasteiger partial charge in [-0.1, -0.05) is 6.92 Å². The number of nitrogens with one attached hydrogen (secondary N) is 1. The highest BCUT2D eigenvalue weighted by atomic mass is 16.5. The fourth-order valence-corrected chi connectivity index (χ4v) is 2.61. The van der Waals surface area contributed by atoms with Crippen molar-refractivity contribution in [3.8, 4) is 0 Å². The van der Waals surface area contributed by atoms with Gasteiger partial charge in [-0.05, 0) is 25.5 Å². The van der Waals surface area contributed by atoms with Crippen molar-refractivity contribution in [2.45, 2.75) is 26.0 Å². The first-order valence-electron chi connectivity index (χ1n) is 6.61. The van der Waals surface area contributed by atoms with Crippen molar-refractivity contribution in [1.29, 1.82) is 0 Å². The smallest absolute Gasteiger partial charge is 0.0772 e. The molecule has 0 radical (unpaired) electrons. The second kappa shape index (κ2) is 6.16. The Balaban J connectivity index is 2.16. The molecule has 0 bridgehead atoms. The Labute approximate surface area is 109 Å². The number of piperidine rings is 1. The number of pyridine rings is 1. The zero-order valence-electron chi connectivity index (χ0n) is 11.5. The molecule has 1 N–H and O–H groups in total. The molecule has 0 spiro atoms. The van der Waals surface area contributed by atoms with Crippen molar-refractivity contribution in [3.05, 3.63) is 24.0 Å². The minimum atomic E-state index is 0.328. The Bertz CT molecular complexity index is 383. The first kappa shape index (κ1) is 13.3. The van der Waals surface area contributed by atoms with Gasteiger partial charge in [0, 0.05) is 50.4 Å². The van der Waals surface area contributed by atoms with Crippen molar-refractivity contribution in [2.24, 2.45) is 5.92 Å². The summed E-state index contributed by atoms with van der Waals surface area (Å²) in [6, 6.07) is 2.11. The molecule has 1 aliphatic heterocycles. The lowest BCUT2D eigenvalue weighted by atomic mass is 9.95. The van der Waals surface area contributed by atoms with E-state index in [4.69, 9.17) is 4.74 Å². The van der Waals surface area contributed by atoms with Gasteiger partial charge in [0.05, 0.1) is 6.10 Å². The van der Waals surface area contributed by atoms with Gasteiger partial charge >= 0.3 is 0 Å². The number of methoxy groups -OCH3 is 1. The van der Waals surface area contributed by atoms with E-state index in [1.807, 2.05) is 26.6 Å². The third kappa shape index (κ3) is 2.82. The molecule has 1 aromatic heterocycles. The van der Waals surface area contributed by atoms with Crippen molar-refractivity contribution in [1.82, 2.24) is 10.3 Å². The Morgan fingerprint density at radius 3 is 3.11 bits per heavy atom. The molecular formula is C14H23N3O. The Morgan fingerprint density at radius 1 is 1.56 bits per heavy atom. The lowest BCUT2D eigenvalue weighted by Gasteiger charge is -2.38. The summed E-state index contributed by atoms with van der Waals surface area (Å²) in [4.78, 5) is 6.63. The molecule has 0 aromatic carbocycles. The van der Waals surface area contributed by atoms with Gasteiger partial charge in [-0.3, -0.25) is 4.98 Å². The molecule has 2 rings (SSSR count). The molecule has 1 aliphatic rings. The van der Waals surface area contributed by atoms with Gasteiger partial charge < -0.3 is 15.0 Å². The summed E-state index contributed by atoms with van der Waals surface area (Å²) >= 11 is 0. The van der Waals surface area contributed by atoms with Crippen LogP contribution in [0.4, 0.5) is 5.69 Å². The van der Waals surface area contributed by atoms with Gasteiger partial charge in [0.1, 0.15) is 0 Å². The highest BCUT2D eigenvalue weighted by Crippen LogP contribution is 2.26. The second-order valence-electron chi connectivity index (χ2n) is 5.02. The predicted molar refractivity (Wildman–Crippen MR) is 73.8 cm³/mol. The number of nitrogens with zero attached hydrogens (tertiary/aromatic N) is 2. The number of aromatic nitrogens is 1. The Hall–Kier alpha value is -1.13. The van der Waals surface area contributed by atoms with Gasteiger partial charge in [0.2, 0.25) is 0 Å². The third-order valence-electron chi connectivity index (χ3n) is 3.78. The summed E-state index contributed by atoms with van der Waals surface area (Å²) < 4.78 is 5.58. The summed E-state index contributed by atoms with van der Waals surface area (Å²) in [7, 11) is 3.78. The molecule has 18 heavy (non-hydrogen) atoms. The molecule has 2 unspecified atom stereocenters. The van der Waals surface area contributed by atoms with E-state index in [1.54, 1.807) is 0 Å². The van der Waals surface area contributed by atoms with Crippen molar-refractivity contribution in [3.63, 3.8) is 0 Å². The fourth-order valence-electron chi connectivity index (χ4n) is 2.61. The summed E-state index contributed by atoms with van der Waals surface area (Å²) in [5, 5.41) is 3.20. The number of anilines is 1. The maximum atomic E-state index is 5.58. The average molecular weight is 249 g/mol. The minimum Gasteiger partial charge on any atom is -0.379 e. The molecule has 4 nitrogen and oxygen atoms in total. The monoisotopic (exact) mass is 249 g/mol. The van der Waals surface area contributed by atoms with Gasteiger partial charge in [0.25, 0.3) is 0 Å². The van der Waals surface area contributed by atoms with Crippen LogP contribution in [0.2, 0.25) is 0 Å². The predicted octanol–water partition coefficient (Wildman–Crippen LogP) is 1.66. The van der Waals surface area contributed by atoms with E-state index in [1.165, 1.54) is 17.7 Å². The number of ether oxygens (including phenoxy) is 1. The van der Waals surface area contributed by atoms with Crippen molar-refractivity contribution < 1.29 is 4.74 Å². The SMILES string of the molecule is CNCc1cnccc1N1CCC(C)C(OC)C1. The van der Waals surface area contributed by atoms with Crippen LogP contribution in [0, 0.1) is 5.92 Å². The summed E-state index contributed by atoms with van der Waals surface area (Å²) in [6.07, 6.45) is 5.33. The van der Waals surface area contributed by atoms with E-state index >= 15 is 0 Å². The Kier molecular flexibility index (Phi) is 4.55. The van der Waals surface area contributed by atoms with Crippen LogP contribution in [-0.2, 0) is 11.3 Å². The average Bonchev–Trinajstić information content (AvgIpc) is 2.40. The molecule has 1 saturated heterocycles. The maximum absolute atomic E-state index is 5.58. The molecule has 100 valence electrons. The number of rotatable bonds is 4. The minimum absolute atomic E-state index is 0.328. The van der Waals surface area contributed by atoms with Crippen LogP contribution in [0.25, 0.3) is 0 Å². The summed E-state index contributed by atoms with van der Waals surface area (Å²) in [6.45, 7) is 5.19. The molecule has 4 heteroatoms. The highest BCUT2D eigenvalue weighted by molar-refractivity contribution is 5.52. The summed E-state index contributed by atoms with van der Waals surface area (Å²) in [5.74, 6) is 0.640. The standard InChI is InChI=1S/C14H23N3O/c1-11-5-7-17(10-14(11)18-3)13-4-6-16-9-12(13)8-15-2/h4,6,9,11,14-15H,5,7-8,10H2,1-3H3. The summed E-state index contributed by atoms with van der Waals surface area (Å²) in [5.41, 5.74) is 2.54. The van der Waals surface area contributed by atoms with E-state index in [0.717, 1.165) is 19.6 Å². The van der Waals surface area contributed by atoms with Gasteiger partial charge in [-0.25, -0.2) is 0 Å². The van der Waals surface area contributed by atoms with E-state index in [-0.39, 0.29) is 0 Å².